The van der Waals surface area contributed by atoms with Crippen LogP contribution < -0.4 is 48.3 Å². The number of alkyl carbamates (subject to hydrolysis) is 1. The Morgan fingerprint density at radius 3 is 2.00 bits per heavy atom. The van der Waals surface area contributed by atoms with Crippen LogP contribution in [-0.4, -0.2) is 176 Å². The van der Waals surface area contributed by atoms with Gasteiger partial charge in [-0.15, -0.1) is 0 Å². The molecule has 1 fully saturated rings. The fraction of sp³-hybridized carbons (Fsp3) is 0.525. The number of unbranched alkanes of at least 4 members (excludes halogenated alkanes) is 1. The van der Waals surface area contributed by atoms with Gasteiger partial charge in [0.15, 0.2) is 0 Å². The van der Waals surface area contributed by atoms with Crippen molar-refractivity contribution >= 4 is 107 Å². The Balaban J connectivity index is 1.53. The summed E-state index contributed by atoms with van der Waals surface area (Å²) >= 11 is 0. The third kappa shape index (κ3) is 24.2. The first kappa shape index (κ1) is 72.4. The summed E-state index contributed by atoms with van der Waals surface area (Å²) in [5.74, 6) is -6.09. The molecule has 1 aliphatic rings. The number of rotatable bonds is 27. The number of hydrogen-bond donors (Lipinski definition) is 13. The number of Topliss-reactive ketones (excluding diaryl/α,β-unsaturated/α-hetero) is 1. The molecule has 1 aliphatic heterocycles. The Hall–Kier alpha value is -6.33. The summed E-state index contributed by atoms with van der Waals surface area (Å²) in [4.78, 5) is 131. The molecule has 0 bridgehead atoms. The third-order valence-corrected chi connectivity index (χ3v) is 20.1. The monoisotopic (exact) mass is 1290 g/mol. The number of aliphatic hydroxyl groups is 3. The Bertz CT molecular complexity index is 2920. The summed E-state index contributed by atoms with van der Waals surface area (Å²) in [6.07, 6.45) is -0.449. The van der Waals surface area contributed by atoms with Gasteiger partial charge >= 0.3 is 6.09 Å². The van der Waals surface area contributed by atoms with Gasteiger partial charge in [0, 0.05) is 70.7 Å². The maximum absolute atomic E-state index is 15.0. The van der Waals surface area contributed by atoms with Crippen LogP contribution in [0.4, 0.5) is 4.79 Å². The van der Waals surface area contributed by atoms with Crippen LogP contribution in [0, 0.1) is 5.92 Å². The van der Waals surface area contributed by atoms with Crippen LogP contribution in [0.5, 0.6) is 0 Å². The molecule has 1 unspecified atom stereocenters. The fourth-order valence-corrected chi connectivity index (χ4v) is 13.9. The van der Waals surface area contributed by atoms with Crippen molar-refractivity contribution in [1.29, 1.82) is 0 Å². The second kappa shape index (κ2) is 37.0. The highest BCUT2D eigenvalue weighted by atomic mass is 33.1. The SMILES string of the molecule is CC(C)C(=O)CCC(C)(C)SSCCOC(=O)N[C@H](Cc1ccccc1)C(=O)N[C@H]1CSSC[C@@H](C(=O)N[C@H](CO)[C@@H](C)O)NC(=O)C([C@@H](C)O)NC(=O)[C@H](CCCCN)NC(=O)[C@@H](Cc2c[nH]c3ccccc23)NC(=O)[C@H](Cc2ccccc2)NC1=O. The van der Waals surface area contributed by atoms with Crippen LogP contribution in [0.15, 0.2) is 91.1 Å². The van der Waals surface area contributed by atoms with Gasteiger partial charge < -0.3 is 73.3 Å². The van der Waals surface area contributed by atoms with Gasteiger partial charge in [-0.1, -0.05) is 136 Å². The lowest BCUT2D eigenvalue weighted by molar-refractivity contribution is -0.136. The van der Waals surface area contributed by atoms with Gasteiger partial charge in [0.1, 0.15) is 54.7 Å². The van der Waals surface area contributed by atoms with Crippen molar-refractivity contribution in [2.45, 2.75) is 158 Å². The Morgan fingerprint density at radius 1 is 0.739 bits per heavy atom. The van der Waals surface area contributed by atoms with Crippen molar-refractivity contribution in [2.24, 2.45) is 11.7 Å². The van der Waals surface area contributed by atoms with E-state index in [0.29, 0.717) is 48.1 Å². The molecule has 10 atom stereocenters. The second-order valence-corrected chi connectivity index (χ2v) is 28.2. The number of ketones is 1. The van der Waals surface area contributed by atoms with Gasteiger partial charge in [-0.05, 0) is 82.7 Å². The topological polar surface area (TPSA) is 362 Å². The van der Waals surface area contributed by atoms with Crippen molar-refractivity contribution in [2.75, 3.05) is 37.0 Å². The Morgan fingerprint density at radius 2 is 1.35 bits per heavy atom. The van der Waals surface area contributed by atoms with Crippen LogP contribution in [0.25, 0.3) is 10.9 Å². The average Bonchev–Trinajstić information content (AvgIpc) is 2.76. The number of para-hydroxylation sites is 1. The van der Waals surface area contributed by atoms with E-state index in [1.165, 1.54) is 24.6 Å². The van der Waals surface area contributed by atoms with Gasteiger partial charge in [0.2, 0.25) is 41.4 Å². The summed E-state index contributed by atoms with van der Waals surface area (Å²) in [5.41, 5.74) is 8.45. The molecule has 88 heavy (non-hydrogen) atoms. The number of aliphatic hydroxyl groups excluding tert-OH is 3. The number of nitrogens with two attached hydrogens (primary N) is 1. The van der Waals surface area contributed by atoms with Gasteiger partial charge in [-0.3, -0.25) is 38.4 Å². The quantitative estimate of drug-likeness (QED) is 0.0301. The zero-order valence-electron chi connectivity index (χ0n) is 50.5. The van der Waals surface area contributed by atoms with Gasteiger partial charge in [-0.25, -0.2) is 4.79 Å². The molecule has 3 aromatic carbocycles. The van der Waals surface area contributed by atoms with Crippen molar-refractivity contribution in [3.05, 3.63) is 108 Å². The first-order valence-electron chi connectivity index (χ1n) is 29.4. The van der Waals surface area contributed by atoms with E-state index in [0.717, 1.165) is 32.5 Å². The van der Waals surface area contributed by atoms with E-state index >= 15 is 9.59 Å². The smallest absolute Gasteiger partial charge is 0.407 e. The molecule has 23 nitrogen and oxygen atoms in total. The second-order valence-electron chi connectivity index (χ2n) is 22.5. The number of aromatic nitrogens is 1. The van der Waals surface area contributed by atoms with Crippen LogP contribution >= 0.6 is 43.2 Å². The largest absolute Gasteiger partial charge is 0.449 e. The summed E-state index contributed by atoms with van der Waals surface area (Å²) in [6, 6.07) is 13.5. The Kier molecular flexibility index (Phi) is 30.4. The molecular formula is C61H86N10O13S4. The van der Waals surface area contributed by atoms with Crippen molar-refractivity contribution < 1.29 is 63.2 Å². The van der Waals surface area contributed by atoms with E-state index in [1.807, 2.05) is 52.0 Å². The average molecular weight is 1300 g/mol. The predicted molar refractivity (Wildman–Crippen MR) is 346 cm³/mol. The number of fused-ring (bicyclic) bond motifs is 1. The number of carbonyl (C=O) groups excluding carboxylic acids is 9. The number of aromatic amines is 1. The molecule has 0 spiro atoms. The highest BCUT2D eigenvalue weighted by Crippen LogP contribution is 2.39. The Labute approximate surface area is 529 Å². The highest BCUT2D eigenvalue weighted by Gasteiger charge is 2.37. The van der Waals surface area contributed by atoms with E-state index in [2.05, 4.69) is 47.5 Å². The molecule has 1 aromatic heterocycles. The first-order chi connectivity index (χ1) is 42.0. The minimum atomic E-state index is -1.71. The van der Waals surface area contributed by atoms with Crippen LogP contribution in [0.3, 0.4) is 0 Å². The fourth-order valence-electron chi connectivity index (χ4n) is 9.13. The molecule has 0 radical (unpaired) electrons. The van der Waals surface area contributed by atoms with Crippen LogP contribution in [0.2, 0.25) is 0 Å². The van der Waals surface area contributed by atoms with Crippen LogP contribution in [-0.2, 0) is 62.4 Å². The van der Waals surface area contributed by atoms with Gasteiger partial charge in [0.25, 0.3) is 0 Å². The molecule has 27 heteroatoms. The van der Waals surface area contributed by atoms with E-state index in [1.54, 1.807) is 77.7 Å². The van der Waals surface area contributed by atoms with Gasteiger partial charge in [0.05, 0.1) is 24.9 Å². The molecule has 482 valence electrons. The van der Waals surface area contributed by atoms with Crippen molar-refractivity contribution in [3.8, 4) is 0 Å². The summed E-state index contributed by atoms with van der Waals surface area (Å²) in [5, 5.41) is 53.7. The van der Waals surface area contributed by atoms with Crippen molar-refractivity contribution in [3.63, 3.8) is 0 Å². The molecule has 5 rings (SSSR count). The van der Waals surface area contributed by atoms with Crippen molar-refractivity contribution in [1.82, 2.24) is 47.5 Å². The van der Waals surface area contributed by atoms with E-state index in [9.17, 15) is 48.9 Å². The minimum Gasteiger partial charge on any atom is -0.449 e. The molecule has 14 N–H and O–H groups in total. The molecule has 0 aliphatic carbocycles. The summed E-state index contributed by atoms with van der Waals surface area (Å²) in [6.45, 7) is 9.93. The molecule has 0 saturated carbocycles. The van der Waals surface area contributed by atoms with Gasteiger partial charge in [-0.2, -0.15) is 0 Å². The number of ether oxygens (including phenoxy) is 1. The molecule has 8 amide bonds. The zero-order valence-corrected chi connectivity index (χ0v) is 53.8. The zero-order chi connectivity index (χ0) is 64.3. The maximum Gasteiger partial charge on any atom is 0.407 e. The predicted octanol–water partition coefficient (Wildman–Crippen LogP) is 3.13. The lowest BCUT2D eigenvalue weighted by Gasteiger charge is -2.29. The number of hydrogen-bond acceptors (Lipinski definition) is 18. The number of benzene rings is 3. The summed E-state index contributed by atoms with van der Waals surface area (Å²) < 4.78 is 5.32. The lowest BCUT2D eigenvalue weighted by atomic mass is 9.99. The third-order valence-electron chi connectivity index (χ3n) is 14.4. The summed E-state index contributed by atoms with van der Waals surface area (Å²) in [7, 11) is 5.00. The maximum atomic E-state index is 15.0. The molecule has 2 heterocycles. The lowest BCUT2D eigenvalue weighted by Crippen LogP contribution is -2.62. The minimum absolute atomic E-state index is 0.00157. The molecule has 4 aromatic rings. The van der Waals surface area contributed by atoms with E-state index in [-0.39, 0.29) is 66.8 Å². The van der Waals surface area contributed by atoms with E-state index < -0.39 is 115 Å². The van der Waals surface area contributed by atoms with E-state index in [4.69, 9.17) is 10.5 Å². The number of nitrogens with one attached hydrogen (secondary N) is 9. The highest BCUT2D eigenvalue weighted by molar-refractivity contribution is 8.77. The first-order valence-corrected chi connectivity index (χ1v) is 34.2. The normalized spacial score (nSPS) is 20.8. The number of carbonyl (C=O) groups is 9. The standard InChI is InChI=1S/C61H86N10O13S4/c1-36(2)51(75)24-25-61(5,6)88-85-28-27-84-60(83)70-46(30-40-19-11-8-12-20-40)55(78)68-49-34-86-87-35-50(58(81)67-48(33-72)37(3)73)69-59(82)52(38(4)74)71-53(76)44(23-15-16-26-62)64-56(79)47(31-41-32-63-43-22-14-13-21-42(41)43)66-54(77)45(65-57(49)80)29-39-17-9-7-10-18-39/h7-14,17-22,32,36-38,44-50,52,63,72-74H,15-16,23-31,33-35,62H2,1-6H3,(H,64,79)(H,65,80)(H,66,77)(H,67,81)(H,68,78)(H,69,82)(H,70,83)(H,71,76)/t37-,38-,44+,45+,46-,47-,48-,49+,50+,52?/m1/s1. The molecular weight excluding hydrogens is 1210 g/mol. The number of H-pyrrole nitrogens is 1. The molecule has 1 saturated heterocycles. The van der Waals surface area contributed by atoms with Crippen LogP contribution in [0.1, 0.15) is 90.3 Å². The number of amides is 8.